The first kappa shape index (κ1) is 18.6. The van der Waals surface area contributed by atoms with Crippen molar-refractivity contribution in [2.45, 2.75) is 38.3 Å². The van der Waals surface area contributed by atoms with Crippen LogP contribution in [0.5, 0.6) is 11.5 Å². The van der Waals surface area contributed by atoms with Gasteiger partial charge in [-0.2, -0.15) is 0 Å². The van der Waals surface area contributed by atoms with Crippen molar-refractivity contribution in [1.82, 2.24) is 4.90 Å². The third kappa shape index (κ3) is 4.13. The summed E-state index contributed by atoms with van der Waals surface area (Å²) in [7, 11) is 3.20. The molecule has 1 unspecified atom stereocenters. The van der Waals surface area contributed by atoms with E-state index in [1.807, 2.05) is 47.4 Å². The van der Waals surface area contributed by atoms with E-state index in [1.54, 1.807) is 14.2 Å². The van der Waals surface area contributed by atoms with Crippen LogP contribution >= 0.6 is 11.6 Å². The van der Waals surface area contributed by atoms with E-state index in [2.05, 4.69) is 6.92 Å². The number of benzene rings is 2. The maximum Gasteiger partial charge on any atom is 0.227 e. The Bertz CT molecular complexity index is 771. The molecule has 1 aliphatic rings. The summed E-state index contributed by atoms with van der Waals surface area (Å²) in [6, 6.07) is 13.7. The smallest absolute Gasteiger partial charge is 0.227 e. The number of rotatable bonds is 7. The van der Waals surface area contributed by atoms with E-state index in [4.69, 9.17) is 21.1 Å². The Morgan fingerprint density at radius 3 is 2.35 bits per heavy atom. The van der Waals surface area contributed by atoms with Crippen LogP contribution in [0.3, 0.4) is 0 Å². The molecule has 0 spiro atoms. The minimum atomic E-state index is 0.0208. The topological polar surface area (TPSA) is 38.8 Å². The van der Waals surface area contributed by atoms with E-state index in [-0.39, 0.29) is 11.9 Å². The predicted octanol–water partition coefficient (Wildman–Crippen LogP) is 4.65. The lowest BCUT2D eigenvalue weighted by molar-refractivity contribution is -0.133. The lowest BCUT2D eigenvalue weighted by Crippen LogP contribution is -2.36. The summed E-state index contributed by atoms with van der Waals surface area (Å²) in [6.07, 6.45) is 2.47. The third-order valence-electron chi connectivity index (χ3n) is 4.80. The molecule has 0 aromatic heterocycles. The molecule has 4 nitrogen and oxygen atoms in total. The molecule has 1 saturated carbocycles. The summed E-state index contributed by atoms with van der Waals surface area (Å²) in [4.78, 5) is 15.1. The van der Waals surface area contributed by atoms with Crippen molar-refractivity contribution in [3.05, 3.63) is 58.6 Å². The Hall–Kier alpha value is -2.20. The molecular formula is C21H24ClNO3. The number of carbonyl (C=O) groups excluding carboxylic acids is 1. The maximum atomic E-state index is 13.1. The molecule has 1 atom stereocenters. The fraction of sp³-hybridized carbons (Fsp3) is 0.381. The second-order valence-corrected chi connectivity index (χ2v) is 7.06. The molecular weight excluding hydrogens is 350 g/mol. The highest BCUT2D eigenvalue weighted by Crippen LogP contribution is 2.35. The zero-order valence-electron chi connectivity index (χ0n) is 15.4. The molecule has 0 N–H and O–H groups in total. The highest BCUT2D eigenvalue weighted by atomic mass is 35.5. The van der Waals surface area contributed by atoms with Crippen LogP contribution in [-0.4, -0.2) is 31.1 Å². The quantitative estimate of drug-likeness (QED) is 0.709. The maximum absolute atomic E-state index is 13.1. The number of amides is 1. The molecule has 0 radical (unpaired) electrons. The molecule has 3 rings (SSSR count). The summed E-state index contributed by atoms with van der Waals surface area (Å²) in [5, 5.41) is 0.704. The number of ether oxygens (including phenoxy) is 2. The van der Waals surface area contributed by atoms with Gasteiger partial charge < -0.3 is 14.4 Å². The van der Waals surface area contributed by atoms with Crippen molar-refractivity contribution in [1.29, 1.82) is 0 Å². The van der Waals surface area contributed by atoms with Gasteiger partial charge in [0.2, 0.25) is 5.91 Å². The van der Waals surface area contributed by atoms with E-state index in [0.29, 0.717) is 29.0 Å². The van der Waals surface area contributed by atoms with Crippen LogP contribution in [0.2, 0.25) is 5.02 Å². The van der Waals surface area contributed by atoms with Crippen molar-refractivity contribution >= 4 is 17.5 Å². The Kier molecular flexibility index (Phi) is 5.72. The Labute approximate surface area is 159 Å². The molecule has 5 heteroatoms. The first-order valence-corrected chi connectivity index (χ1v) is 9.18. The highest BCUT2D eigenvalue weighted by Gasteiger charge is 2.36. The zero-order valence-corrected chi connectivity index (χ0v) is 16.1. The second-order valence-electron chi connectivity index (χ2n) is 6.63. The summed E-state index contributed by atoms with van der Waals surface area (Å²) < 4.78 is 10.6. The van der Waals surface area contributed by atoms with Gasteiger partial charge in [0.05, 0.1) is 26.7 Å². The van der Waals surface area contributed by atoms with E-state index >= 15 is 0 Å². The molecule has 2 aromatic carbocycles. The largest absolute Gasteiger partial charge is 0.493 e. The minimum Gasteiger partial charge on any atom is -0.493 e. The van der Waals surface area contributed by atoms with Crippen molar-refractivity contribution < 1.29 is 14.3 Å². The highest BCUT2D eigenvalue weighted by molar-refractivity contribution is 6.30. The molecule has 26 heavy (non-hydrogen) atoms. The van der Waals surface area contributed by atoms with Crippen LogP contribution in [0.25, 0.3) is 0 Å². The summed E-state index contributed by atoms with van der Waals surface area (Å²) >= 11 is 5.99. The second kappa shape index (κ2) is 8.00. The van der Waals surface area contributed by atoms with Gasteiger partial charge in [-0.25, -0.2) is 0 Å². The van der Waals surface area contributed by atoms with Gasteiger partial charge in [0, 0.05) is 11.1 Å². The summed E-state index contributed by atoms with van der Waals surface area (Å²) in [6.45, 7) is 2.08. The Morgan fingerprint density at radius 2 is 1.77 bits per heavy atom. The predicted molar refractivity (Wildman–Crippen MR) is 103 cm³/mol. The zero-order chi connectivity index (χ0) is 18.7. The molecule has 1 amide bonds. The van der Waals surface area contributed by atoms with Crippen LogP contribution in [-0.2, 0) is 11.2 Å². The van der Waals surface area contributed by atoms with Crippen molar-refractivity contribution in [3.63, 3.8) is 0 Å². The standard InChI is InChI=1S/C21H24ClNO3/c1-14(16-5-7-17(22)8-6-16)23(18-9-10-18)21(24)13-15-4-11-19(25-2)20(12-15)26-3/h4-8,11-12,14,18H,9-10,13H2,1-3H3. The minimum absolute atomic E-state index is 0.0208. The molecule has 0 aliphatic heterocycles. The first-order valence-electron chi connectivity index (χ1n) is 8.81. The average Bonchev–Trinajstić information content (AvgIpc) is 3.47. The molecule has 0 bridgehead atoms. The lowest BCUT2D eigenvalue weighted by atomic mass is 10.0. The fourth-order valence-corrected chi connectivity index (χ4v) is 3.37. The Morgan fingerprint density at radius 1 is 1.12 bits per heavy atom. The van der Waals surface area contributed by atoms with E-state index in [9.17, 15) is 4.79 Å². The van der Waals surface area contributed by atoms with Crippen molar-refractivity contribution in [3.8, 4) is 11.5 Å². The number of carbonyl (C=O) groups is 1. The van der Waals surface area contributed by atoms with Crippen LogP contribution in [0.15, 0.2) is 42.5 Å². The van der Waals surface area contributed by atoms with Gasteiger partial charge in [-0.05, 0) is 55.2 Å². The van der Waals surface area contributed by atoms with Gasteiger partial charge >= 0.3 is 0 Å². The fourth-order valence-electron chi connectivity index (χ4n) is 3.25. The lowest BCUT2D eigenvalue weighted by Gasteiger charge is -2.30. The van der Waals surface area contributed by atoms with Crippen LogP contribution < -0.4 is 9.47 Å². The van der Waals surface area contributed by atoms with Crippen LogP contribution in [0, 0.1) is 0 Å². The van der Waals surface area contributed by atoms with Gasteiger partial charge in [0.1, 0.15) is 0 Å². The summed E-state index contributed by atoms with van der Waals surface area (Å²) in [5.41, 5.74) is 2.02. The van der Waals surface area contributed by atoms with Gasteiger partial charge in [0.15, 0.2) is 11.5 Å². The number of methoxy groups -OCH3 is 2. The van der Waals surface area contributed by atoms with Gasteiger partial charge in [-0.15, -0.1) is 0 Å². The third-order valence-corrected chi connectivity index (χ3v) is 5.05. The SMILES string of the molecule is COc1ccc(CC(=O)N(C2CC2)C(C)c2ccc(Cl)cc2)cc1OC. The molecule has 0 saturated heterocycles. The Balaban J connectivity index is 1.78. The molecule has 0 heterocycles. The molecule has 2 aromatic rings. The number of hydrogen-bond acceptors (Lipinski definition) is 3. The van der Waals surface area contributed by atoms with Gasteiger partial charge in [0.25, 0.3) is 0 Å². The molecule has 1 fully saturated rings. The van der Waals surface area contributed by atoms with Crippen molar-refractivity contribution in [2.75, 3.05) is 14.2 Å². The van der Waals surface area contributed by atoms with E-state index in [0.717, 1.165) is 24.0 Å². The van der Waals surface area contributed by atoms with Crippen LogP contribution in [0.4, 0.5) is 0 Å². The normalized spacial score (nSPS) is 14.6. The molecule has 1 aliphatic carbocycles. The van der Waals surface area contributed by atoms with Gasteiger partial charge in [-0.1, -0.05) is 29.8 Å². The summed E-state index contributed by atoms with van der Waals surface area (Å²) in [5.74, 6) is 1.43. The van der Waals surface area contributed by atoms with E-state index < -0.39 is 0 Å². The van der Waals surface area contributed by atoms with Crippen molar-refractivity contribution in [2.24, 2.45) is 0 Å². The van der Waals surface area contributed by atoms with Gasteiger partial charge in [-0.3, -0.25) is 4.79 Å². The monoisotopic (exact) mass is 373 g/mol. The number of hydrogen-bond donors (Lipinski definition) is 0. The molecule has 138 valence electrons. The number of nitrogens with zero attached hydrogens (tertiary/aromatic N) is 1. The van der Waals surface area contributed by atoms with Crippen LogP contribution in [0.1, 0.15) is 36.9 Å². The van der Waals surface area contributed by atoms with E-state index in [1.165, 1.54) is 0 Å². The number of halogens is 1. The first-order chi connectivity index (χ1) is 12.5. The average molecular weight is 374 g/mol.